The van der Waals surface area contributed by atoms with Crippen LogP contribution in [-0.4, -0.2) is 31.4 Å². The Labute approximate surface area is 151 Å². The second-order valence-electron chi connectivity index (χ2n) is 6.49. The van der Waals surface area contributed by atoms with E-state index in [4.69, 9.17) is 4.74 Å². The number of hydrogen-bond donors (Lipinski definition) is 1. The van der Waals surface area contributed by atoms with Crippen LogP contribution >= 0.6 is 0 Å². The van der Waals surface area contributed by atoms with Crippen molar-refractivity contribution in [1.82, 2.24) is 9.29 Å². The topological polar surface area (TPSA) is 62.4 Å². The number of sulfonamides is 1. The quantitative estimate of drug-likeness (QED) is 0.765. The molecular formula is C19H19FN2O3S. The number of rotatable bonds is 3. The average molecular weight is 374 g/mol. The minimum Gasteiger partial charge on any atom is -0.497 e. The van der Waals surface area contributed by atoms with Crippen molar-refractivity contribution >= 4 is 20.9 Å². The number of nitrogens with one attached hydrogen (secondary N) is 1. The minimum absolute atomic E-state index is 0.153. The summed E-state index contributed by atoms with van der Waals surface area (Å²) in [7, 11) is -2.09. The van der Waals surface area contributed by atoms with Gasteiger partial charge in [0.2, 0.25) is 10.0 Å². The molecule has 0 spiro atoms. The molecule has 1 aliphatic rings. The van der Waals surface area contributed by atoms with Crippen LogP contribution in [0, 0.1) is 12.7 Å². The number of nitrogens with zero attached hydrogens (tertiary/aromatic N) is 1. The van der Waals surface area contributed by atoms with Crippen LogP contribution in [-0.2, 0) is 23.0 Å². The zero-order chi connectivity index (χ0) is 18.5. The molecule has 0 fully saturated rings. The van der Waals surface area contributed by atoms with Crippen molar-refractivity contribution in [2.45, 2.75) is 24.8 Å². The molecule has 0 saturated heterocycles. The summed E-state index contributed by atoms with van der Waals surface area (Å²) in [6.07, 6.45) is 0.603. The van der Waals surface area contributed by atoms with E-state index in [0.29, 0.717) is 18.5 Å². The summed E-state index contributed by atoms with van der Waals surface area (Å²) < 4.78 is 46.3. The molecule has 0 saturated carbocycles. The van der Waals surface area contributed by atoms with Crippen molar-refractivity contribution in [3.63, 3.8) is 0 Å². The summed E-state index contributed by atoms with van der Waals surface area (Å²) in [5.74, 6) is 0.291. The van der Waals surface area contributed by atoms with Crippen LogP contribution in [0.4, 0.5) is 4.39 Å². The monoisotopic (exact) mass is 374 g/mol. The number of H-pyrrole nitrogens is 1. The van der Waals surface area contributed by atoms with Crippen molar-refractivity contribution in [2.75, 3.05) is 13.7 Å². The fourth-order valence-electron chi connectivity index (χ4n) is 3.54. The van der Waals surface area contributed by atoms with Gasteiger partial charge in [-0.15, -0.1) is 0 Å². The van der Waals surface area contributed by atoms with Crippen LogP contribution in [0.2, 0.25) is 0 Å². The van der Waals surface area contributed by atoms with Gasteiger partial charge in [0.05, 0.1) is 12.0 Å². The lowest BCUT2D eigenvalue weighted by molar-refractivity contribution is 0.390. The van der Waals surface area contributed by atoms with E-state index in [1.807, 2.05) is 18.2 Å². The number of ether oxygens (including phenoxy) is 1. The van der Waals surface area contributed by atoms with Crippen LogP contribution in [0.5, 0.6) is 5.75 Å². The first kappa shape index (κ1) is 17.1. The first-order valence-corrected chi connectivity index (χ1v) is 9.78. The molecule has 2 aromatic carbocycles. The normalized spacial score (nSPS) is 15.2. The van der Waals surface area contributed by atoms with Gasteiger partial charge in [-0.2, -0.15) is 4.31 Å². The van der Waals surface area contributed by atoms with E-state index in [2.05, 4.69) is 4.98 Å². The van der Waals surface area contributed by atoms with Gasteiger partial charge >= 0.3 is 0 Å². The summed E-state index contributed by atoms with van der Waals surface area (Å²) >= 11 is 0. The third-order valence-electron chi connectivity index (χ3n) is 4.90. The number of aryl methyl sites for hydroxylation is 1. The van der Waals surface area contributed by atoms with Crippen LogP contribution in [0.1, 0.15) is 16.8 Å². The number of methoxy groups -OCH3 is 1. The van der Waals surface area contributed by atoms with Gasteiger partial charge in [0.25, 0.3) is 0 Å². The lowest BCUT2D eigenvalue weighted by Gasteiger charge is -2.27. The molecule has 26 heavy (non-hydrogen) atoms. The van der Waals surface area contributed by atoms with Crippen molar-refractivity contribution < 1.29 is 17.5 Å². The molecule has 136 valence electrons. The molecule has 0 bridgehead atoms. The molecule has 3 aromatic rings. The number of benzene rings is 2. The second kappa shape index (κ2) is 6.10. The van der Waals surface area contributed by atoms with Gasteiger partial charge in [-0.3, -0.25) is 0 Å². The van der Waals surface area contributed by atoms with Crippen LogP contribution in [0.3, 0.4) is 0 Å². The fraction of sp³-hybridized carbons (Fsp3) is 0.263. The van der Waals surface area contributed by atoms with Crippen molar-refractivity contribution in [3.05, 3.63) is 59.0 Å². The Morgan fingerprint density at radius 3 is 2.73 bits per heavy atom. The molecule has 0 atom stereocenters. The molecule has 4 rings (SSSR count). The Morgan fingerprint density at radius 1 is 1.19 bits per heavy atom. The second-order valence-corrected chi connectivity index (χ2v) is 8.40. The van der Waals surface area contributed by atoms with Gasteiger partial charge in [-0.25, -0.2) is 12.8 Å². The van der Waals surface area contributed by atoms with E-state index in [-0.39, 0.29) is 11.4 Å². The van der Waals surface area contributed by atoms with Gasteiger partial charge in [-0.05, 0) is 54.4 Å². The maximum Gasteiger partial charge on any atom is 0.243 e. The highest BCUT2D eigenvalue weighted by molar-refractivity contribution is 7.89. The summed E-state index contributed by atoms with van der Waals surface area (Å²) in [6.45, 7) is 2.28. The maximum absolute atomic E-state index is 13.4. The van der Waals surface area contributed by atoms with Crippen LogP contribution in [0.15, 0.2) is 41.3 Å². The first-order valence-electron chi connectivity index (χ1n) is 8.34. The fourth-order valence-corrected chi connectivity index (χ4v) is 5.16. The zero-order valence-corrected chi connectivity index (χ0v) is 15.4. The third kappa shape index (κ3) is 2.68. The smallest absolute Gasteiger partial charge is 0.243 e. The Kier molecular flexibility index (Phi) is 4.00. The Bertz CT molecular complexity index is 1110. The summed E-state index contributed by atoms with van der Waals surface area (Å²) in [5.41, 5.74) is 3.40. The molecule has 0 amide bonds. The maximum atomic E-state index is 13.4. The van der Waals surface area contributed by atoms with Gasteiger partial charge in [0.1, 0.15) is 11.6 Å². The van der Waals surface area contributed by atoms with E-state index in [1.54, 1.807) is 14.0 Å². The van der Waals surface area contributed by atoms with E-state index < -0.39 is 15.8 Å². The summed E-state index contributed by atoms with van der Waals surface area (Å²) in [6, 6.07) is 9.51. The van der Waals surface area contributed by atoms with Gasteiger partial charge in [0, 0.05) is 36.1 Å². The third-order valence-corrected chi connectivity index (χ3v) is 6.91. The molecule has 1 aliphatic heterocycles. The van der Waals surface area contributed by atoms with Crippen molar-refractivity contribution in [2.24, 2.45) is 0 Å². The van der Waals surface area contributed by atoms with Crippen molar-refractivity contribution in [1.29, 1.82) is 0 Å². The number of halogens is 1. The summed E-state index contributed by atoms with van der Waals surface area (Å²) in [5, 5.41) is 0.968. The van der Waals surface area contributed by atoms with Gasteiger partial charge in [-0.1, -0.05) is 0 Å². The average Bonchev–Trinajstić information content (AvgIpc) is 2.98. The highest BCUT2D eigenvalue weighted by Gasteiger charge is 2.31. The van der Waals surface area contributed by atoms with Crippen LogP contribution in [0.25, 0.3) is 10.9 Å². The van der Waals surface area contributed by atoms with Gasteiger partial charge < -0.3 is 9.72 Å². The first-order chi connectivity index (χ1) is 12.4. The standard InChI is InChI=1S/C19H19FN2O3S/c1-12-9-13(20)3-6-19(12)26(23,24)22-8-7-18-16(11-22)15-10-14(25-2)4-5-17(15)21-18/h3-6,9-10,21H,7-8,11H2,1-2H3. The highest BCUT2D eigenvalue weighted by Crippen LogP contribution is 2.33. The predicted octanol–water partition coefficient (Wildman–Crippen LogP) is 3.37. The van der Waals surface area contributed by atoms with E-state index in [0.717, 1.165) is 27.9 Å². The number of hydrogen-bond acceptors (Lipinski definition) is 3. The zero-order valence-electron chi connectivity index (χ0n) is 14.5. The molecule has 2 heterocycles. The molecule has 0 radical (unpaired) electrons. The van der Waals surface area contributed by atoms with Crippen molar-refractivity contribution in [3.8, 4) is 5.75 Å². The largest absolute Gasteiger partial charge is 0.497 e. The lowest BCUT2D eigenvalue weighted by Crippen LogP contribution is -2.36. The molecule has 0 unspecified atom stereocenters. The SMILES string of the molecule is COc1ccc2[nH]c3c(c2c1)CN(S(=O)(=O)c1ccc(F)cc1C)CC3. The summed E-state index contributed by atoms with van der Waals surface area (Å²) in [4.78, 5) is 3.52. The van der Waals surface area contributed by atoms with Crippen LogP contribution < -0.4 is 4.74 Å². The van der Waals surface area contributed by atoms with E-state index >= 15 is 0 Å². The molecular weight excluding hydrogens is 355 g/mol. The lowest BCUT2D eigenvalue weighted by atomic mass is 10.1. The molecule has 5 nitrogen and oxygen atoms in total. The highest BCUT2D eigenvalue weighted by atomic mass is 32.2. The Balaban J connectivity index is 1.75. The molecule has 0 aliphatic carbocycles. The predicted molar refractivity (Wildman–Crippen MR) is 97.3 cm³/mol. The molecule has 1 aromatic heterocycles. The minimum atomic E-state index is -3.69. The van der Waals surface area contributed by atoms with Gasteiger partial charge in [0.15, 0.2) is 0 Å². The molecule has 1 N–H and O–H groups in total. The molecule has 7 heteroatoms. The Morgan fingerprint density at radius 2 is 2.00 bits per heavy atom. The number of aromatic nitrogens is 1. The Hall–Kier alpha value is -2.38. The van der Waals surface area contributed by atoms with E-state index in [1.165, 1.54) is 22.5 Å². The number of fused-ring (bicyclic) bond motifs is 3. The number of aromatic amines is 1. The van der Waals surface area contributed by atoms with E-state index in [9.17, 15) is 12.8 Å².